The van der Waals surface area contributed by atoms with E-state index in [2.05, 4.69) is 48.9 Å². The zero-order valence-electron chi connectivity index (χ0n) is 41.2. The number of furan rings is 1. The Balaban J connectivity index is 0.000000222. The molecule has 0 fully saturated rings. The molecule has 0 saturated heterocycles. The third-order valence-electron chi connectivity index (χ3n) is 8.35. The molecule has 4 aromatic heterocycles. The standard InChI is InChI=1S/C28H29N2OS.C19H16N.Ir/c1-16-15-29-21(13-17(16)14-27(2,3)4)20-10-8-9-18-19-11-12-22-23(25(19)31-24(18)20)30-26(32-22)28(5,6)7;1-14-8-10-17(11-9-14)19-12-18(15(2)13-20-19)16-6-4-3-5-7-16;/h8-9,11-13,15H,14H2,1-7H3;3-10,12-13H,1-2H3;/q2*-1;/i1D3,14D2;1D3,2D3;. The maximum atomic E-state index is 8.84. The third kappa shape index (κ3) is 8.21. The Kier molecular flexibility index (Phi) is 7.50. The van der Waals surface area contributed by atoms with E-state index in [0.717, 1.165) is 31.6 Å². The first-order valence-corrected chi connectivity index (χ1v) is 17.7. The summed E-state index contributed by atoms with van der Waals surface area (Å²) in [5, 5.41) is 2.82. The summed E-state index contributed by atoms with van der Waals surface area (Å²) in [7, 11) is 0. The molecule has 0 atom stereocenters. The Labute approximate surface area is 346 Å². The van der Waals surface area contributed by atoms with Crippen LogP contribution in [0.1, 0.15) is 83.9 Å². The Morgan fingerprint density at radius 1 is 0.792 bits per heavy atom. The molecule has 271 valence electrons. The van der Waals surface area contributed by atoms with Crippen molar-refractivity contribution < 1.29 is 39.6 Å². The number of hydrogen-bond donors (Lipinski definition) is 0. The van der Waals surface area contributed by atoms with Crippen LogP contribution in [0.2, 0.25) is 0 Å². The number of rotatable bonds is 4. The summed E-state index contributed by atoms with van der Waals surface area (Å²) >= 11 is 1.65. The maximum absolute atomic E-state index is 8.84. The second kappa shape index (κ2) is 15.1. The molecular weight excluding hydrogens is 847 g/mol. The van der Waals surface area contributed by atoms with Crippen LogP contribution in [0, 0.1) is 38.1 Å². The molecule has 0 spiro atoms. The van der Waals surface area contributed by atoms with Crippen LogP contribution < -0.4 is 0 Å². The van der Waals surface area contributed by atoms with Gasteiger partial charge < -0.3 is 14.4 Å². The van der Waals surface area contributed by atoms with Crippen LogP contribution in [0.25, 0.3) is 65.8 Å². The van der Waals surface area contributed by atoms with E-state index in [-0.39, 0.29) is 47.8 Å². The Morgan fingerprint density at radius 3 is 2.25 bits per heavy atom. The number of hydrogen-bond acceptors (Lipinski definition) is 5. The molecule has 0 unspecified atom stereocenters. The van der Waals surface area contributed by atoms with Crippen LogP contribution in [0.4, 0.5) is 0 Å². The largest absolute Gasteiger partial charge is 0.498 e. The number of aromatic nitrogens is 3. The van der Waals surface area contributed by atoms with Crippen LogP contribution >= 0.6 is 11.3 Å². The summed E-state index contributed by atoms with van der Waals surface area (Å²) in [6, 6.07) is 31.0. The molecule has 4 heterocycles. The summed E-state index contributed by atoms with van der Waals surface area (Å²) in [5.74, 6) is 0. The molecule has 53 heavy (non-hydrogen) atoms. The number of pyridine rings is 2. The molecule has 0 aliphatic carbocycles. The third-order valence-corrected chi connectivity index (χ3v) is 9.79. The van der Waals surface area contributed by atoms with Crippen LogP contribution in [0.15, 0.2) is 102 Å². The number of nitrogens with zero attached hydrogens (tertiary/aromatic N) is 3. The first-order valence-electron chi connectivity index (χ1n) is 22.4. The van der Waals surface area contributed by atoms with Crippen molar-refractivity contribution >= 4 is 43.5 Å². The van der Waals surface area contributed by atoms with Gasteiger partial charge in [-0.3, -0.25) is 0 Å². The molecule has 1 radical (unpaired) electrons. The number of aryl methyl sites for hydroxylation is 3. The minimum absolute atomic E-state index is 0. The van der Waals surface area contributed by atoms with E-state index < -0.39 is 32.3 Å². The van der Waals surface area contributed by atoms with E-state index in [9.17, 15) is 0 Å². The zero-order valence-corrected chi connectivity index (χ0v) is 33.4. The molecule has 6 heteroatoms. The summed E-state index contributed by atoms with van der Waals surface area (Å²) in [6.45, 7) is 4.69. The van der Waals surface area contributed by atoms with Gasteiger partial charge >= 0.3 is 0 Å². The molecule has 0 amide bonds. The number of thiazole rings is 1. The van der Waals surface area contributed by atoms with Crippen molar-refractivity contribution in [1.82, 2.24) is 15.0 Å². The van der Waals surface area contributed by atoms with Crippen LogP contribution in [0.3, 0.4) is 0 Å². The van der Waals surface area contributed by atoms with Gasteiger partial charge in [-0.05, 0) is 65.2 Å². The number of fused-ring (bicyclic) bond motifs is 5. The molecule has 4 aromatic carbocycles. The van der Waals surface area contributed by atoms with Gasteiger partial charge in [0.15, 0.2) is 0 Å². The zero-order chi connectivity index (χ0) is 46.1. The Bertz CT molecular complexity index is 2960. The van der Waals surface area contributed by atoms with Gasteiger partial charge in [-0.25, -0.2) is 4.98 Å². The molecule has 8 aromatic rings. The van der Waals surface area contributed by atoms with Gasteiger partial charge in [0.05, 0.1) is 15.3 Å². The summed E-state index contributed by atoms with van der Waals surface area (Å²) in [4.78, 5) is 13.6. The second-order valence-electron chi connectivity index (χ2n) is 14.7. The van der Waals surface area contributed by atoms with Gasteiger partial charge in [0.25, 0.3) is 0 Å². The normalized spacial score (nSPS) is 15.8. The predicted octanol–water partition coefficient (Wildman–Crippen LogP) is 13.1. The quantitative estimate of drug-likeness (QED) is 0.165. The molecule has 0 N–H and O–H groups in total. The van der Waals surface area contributed by atoms with Crippen molar-refractivity contribution in [3.8, 4) is 33.6 Å². The fourth-order valence-electron chi connectivity index (χ4n) is 5.84. The van der Waals surface area contributed by atoms with Crippen LogP contribution in [-0.2, 0) is 31.9 Å². The predicted molar refractivity (Wildman–Crippen MR) is 219 cm³/mol. The number of benzene rings is 4. The Hall–Kier alpha value is -4.48. The molecular formula is C47H45IrN3OS-2. The molecule has 0 aliphatic rings. The maximum Gasteiger partial charge on any atom is 0.148 e. The van der Waals surface area contributed by atoms with E-state index in [1.165, 1.54) is 24.5 Å². The fraction of sp³-hybridized carbons (Fsp3) is 0.255. The Morgan fingerprint density at radius 2 is 1.55 bits per heavy atom. The minimum atomic E-state index is -2.50. The second-order valence-corrected chi connectivity index (χ2v) is 15.7. The summed E-state index contributed by atoms with van der Waals surface area (Å²) < 4.78 is 94.7. The van der Waals surface area contributed by atoms with Gasteiger partial charge in [0, 0.05) is 58.4 Å². The molecule has 0 saturated carbocycles. The van der Waals surface area contributed by atoms with E-state index in [0.29, 0.717) is 39.2 Å². The molecule has 8 rings (SSSR count). The van der Waals surface area contributed by atoms with Gasteiger partial charge in [0.2, 0.25) is 0 Å². The van der Waals surface area contributed by atoms with E-state index >= 15 is 0 Å². The van der Waals surface area contributed by atoms with Gasteiger partial charge in [-0.2, -0.15) is 0 Å². The van der Waals surface area contributed by atoms with E-state index in [1.807, 2.05) is 42.5 Å². The molecule has 0 aliphatic heterocycles. The first-order chi connectivity index (χ1) is 29.2. The monoisotopic (exact) mass is 903 g/mol. The topological polar surface area (TPSA) is 51.8 Å². The van der Waals surface area contributed by atoms with Gasteiger partial charge in [-0.15, -0.1) is 64.9 Å². The van der Waals surface area contributed by atoms with Crippen molar-refractivity contribution in [2.24, 2.45) is 5.41 Å². The van der Waals surface area contributed by atoms with Crippen molar-refractivity contribution in [2.75, 3.05) is 0 Å². The van der Waals surface area contributed by atoms with E-state index in [4.69, 9.17) is 24.5 Å². The average Bonchev–Trinajstić information content (AvgIpc) is 3.82. The summed E-state index contributed by atoms with van der Waals surface area (Å²) in [6.07, 6.45) is 0.702. The average molecular weight is 903 g/mol. The van der Waals surface area contributed by atoms with E-state index in [1.54, 1.807) is 56.4 Å². The van der Waals surface area contributed by atoms with Crippen molar-refractivity contribution in [1.29, 1.82) is 0 Å². The van der Waals surface area contributed by atoms with Gasteiger partial charge in [0.1, 0.15) is 11.1 Å². The van der Waals surface area contributed by atoms with Crippen molar-refractivity contribution in [3.63, 3.8) is 0 Å². The summed E-state index contributed by atoms with van der Waals surface area (Å²) in [5.41, 5.74) is 4.96. The van der Waals surface area contributed by atoms with Crippen LogP contribution in [0.5, 0.6) is 0 Å². The smallest absolute Gasteiger partial charge is 0.148 e. The van der Waals surface area contributed by atoms with Gasteiger partial charge in [-0.1, -0.05) is 113 Å². The SMILES string of the molecule is [2H]C([2H])([2H])c1c[c-]c(-c2cc(-c3ccccc3)c(C([2H])([2H])[2H])cn2)cc1.[2H]C([2H])([2H])c1cnc(-c2[c-]ccc3c2oc2c3ccc3sc(C(C)(C)C)nc32)cc1C([2H])([2H])C(C)(C)C.[Ir]. The fourth-order valence-corrected chi connectivity index (χ4v) is 6.87. The molecule has 0 bridgehead atoms. The minimum Gasteiger partial charge on any atom is -0.498 e. The van der Waals surface area contributed by atoms with Crippen molar-refractivity contribution in [3.05, 3.63) is 137 Å². The van der Waals surface area contributed by atoms with Crippen molar-refractivity contribution in [2.45, 2.75) is 73.9 Å². The van der Waals surface area contributed by atoms with Crippen LogP contribution in [-0.4, -0.2) is 15.0 Å². The molecule has 4 nitrogen and oxygen atoms in total. The first kappa shape index (κ1) is 26.3.